The number of fused-ring (bicyclic) bond motifs is 1. The van der Waals surface area contributed by atoms with Gasteiger partial charge in [0, 0.05) is 37.4 Å². The van der Waals surface area contributed by atoms with Gasteiger partial charge in [-0.25, -0.2) is 9.49 Å². The van der Waals surface area contributed by atoms with Gasteiger partial charge in [0.05, 0.1) is 16.6 Å². The SMILES string of the molecule is Cl.O=C(c1cc(Cc2n[nH]c(=O)c3ccccc23)ccc1F)N1CC(CN2CCCCC2)C1. The number of nitrogens with zero attached hydrogens (tertiary/aromatic N) is 3. The Balaban J connectivity index is 0.00000259. The van der Waals surface area contributed by atoms with Gasteiger partial charge in [-0.05, 0) is 49.7 Å². The molecule has 0 saturated carbocycles. The van der Waals surface area contributed by atoms with Gasteiger partial charge in [-0.3, -0.25) is 9.59 Å². The molecule has 0 spiro atoms. The van der Waals surface area contributed by atoms with Gasteiger partial charge >= 0.3 is 0 Å². The Morgan fingerprint density at radius 3 is 2.55 bits per heavy atom. The molecule has 33 heavy (non-hydrogen) atoms. The van der Waals surface area contributed by atoms with Crippen LogP contribution in [0.4, 0.5) is 4.39 Å². The molecule has 3 aromatic rings. The van der Waals surface area contributed by atoms with E-state index in [2.05, 4.69) is 15.1 Å². The Labute approximate surface area is 198 Å². The van der Waals surface area contributed by atoms with Crippen molar-refractivity contribution in [1.82, 2.24) is 20.0 Å². The normalized spacial score (nSPS) is 16.9. The molecule has 3 heterocycles. The Morgan fingerprint density at radius 1 is 1.06 bits per heavy atom. The summed E-state index contributed by atoms with van der Waals surface area (Å²) in [6.07, 6.45) is 4.22. The van der Waals surface area contributed by atoms with Crippen LogP contribution in [0.1, 0.15) is 40.9 Å². The first kappa shape index (κ1) is 23.4. The first-order valence-corrected chi connectivity index (χ1v) is 11.3. The lowest BCUT2D eigenvalue weighted by atomic mass is 9.96. The van der Waals surface area contributed by atoms with Crippen molar-refractivity contribution < 1.29 is 9.18 Å². The van der Waals surface area contributed by atoms with Gasteiger partial charge in [0.15, 0.2) is 0 Å². The summed E-state index contributed by atoms with van der Waals surface area (Å²) >= 11 is 0. The number of carbonyl (C=O) groups excluding carboxylic acids is 1. The summed E-state index contributed by atoms with van der Waals surface area (Å²) in [5.41, 5.74) is 1.34. The van der Waals surface area contributed by atoms with Crippen LogP contribution < -0.4 is 5.56 Å². The molecule has 2 aliphatic heterocycles. The molecule has 174 valence electrons. The van der Waals surface area contributed by atoms with Crippen molar-refractivity contribution in [2.75, 3.05) is 32.7 Å². The minimum absolute atomic E-state index is 0. The molecule has 2 aromatic carbocycles. The van der Waals surface area contributed by atoms with Crippen molar-refractivity contribution in [3.05, 3.63) is 75.5 Å². The van der Waals surface area contributed by atoms with Crippen molar-refractivity contribution in [3.8, 4) is 0 Å². The number of benzene rings is 2. The van der Waals surface area contributed by atoms with Gasteiger partial charge < -0.3 is 9.80 Å². The molecule has 1 N–H and O–H groups in total. The van der Waals surface area contributed by atoms with E-state index < -0.39 is 5.82 Å². The molecule has 0 atom stereocenters. The third kappa shape index (κ3) is 4.94. The van der Waals surface area contributed by atoms with Crippen LogP contribution in [0.25, 0.3) is 10.8 Å². The van der Waals surface area contributed by atoms with Crippen molar-refractivity contribution in [2.45, 2.75) is 25.7 Å². The monoisotopic (exact) mass is 470 g/mol. The average molecular weight is 471 g/mol. The third-order valence-corrected chi connectivity index (χ3v) is 6.62. The summed E-state index contributed by atoms with van der Waals surface area (Å²) in [7, 11) is 0. The molecule has 1 amide bonds. The van der Waals surface area contributed by atoms with Gasteiger partial charge in [-0.2, -0.15) is 5.10 Å². The topological polar surface area (TPSA) is 69.3 Å². The minimum Gasteiger partial charge on any atom is -0.338 e. The number of hydrogen-bond donors (Lipinski definition) is 1. The molecule has 5 rings (SSSR count). The average Bonchev–Trinajstić information content (AvgIpc) is 2.79. The first-order chi connectivity index (χ1) is 15.6. The Bertz CT molecular complexity index is 1200. The zero-order valence-electron chi connectivity index (χ0n) is 18.4. The van der Waals surface area contributed by atoms with E-state index in [4.69, 9.17) is 0 Å². The second-order valence-corrected chi connectivity index (χ2v) is 8.97. The van der Waals surface area contributed by atoms with E-state index in [1.54, 1.807) is 23.1 Å². The van der Waals surface area contributed by atoms with Crippen LogP contribution in [0.3, 0.4) is 0 Å². The number of hydrogen-bond acceptors (Lipinski definition) is 4. The highest BCUT2D eigenvalue weighted by Crippen LogP contribution is 2.24. The van der Waals surface area contributed by atoms with Gasteiger partial charge in [0.25, 0.3) is 11.5 Å². The van der Waals surface area contributed by atoms with E-state index in [1.807, 2.05) is 18.2 Å². The van der Waals surface area contributed by atoms with E-state index in [0.29, 0.717) is 36.5 Å². The molecule has 6 nitrogen and oxygen atoms in total. The number of aromatic nitrogens is 2. The summed E-state index contributed by atoms with van der Waals surface area (Å²) in [6, 6.07) is 11.9. The van der Waals surface area contributed by atoms with Crippen LogP contribution >= 0.6 is 12.4 Å². The Kier molecular flexibility index (Phi) is 7.10. The van der Waals surface area contributed by atoms with Gasteiger partial charge in [0.1, 0.15) is 5.82 Å². The van der Waals surface area contributed by atoms with Crippen molar-refractivity contribution in [2.24, 2.45) is 5.92 Å². The Hall–Kier alpha value is -2.77. The first-order valence-electron chi connectivity index (χ1n) is 11.3. The number of H-pyrrole nitrogens is 1. The summed E-state index contributed by atoms with van der Waals surface area (Å²) < 4.78 is 14.5. The van der Waals surface area contributed by atoms with Crippen molar-refractivity contribution in [1.29, 1.82) is 0 Å². The number of nitrogens with one attached hydrogen (secondary N) is 1. The maximum absolute atomic E-state index is 14.5. The fraction of sp³-hybridized carbons (Fsp3) is 0.400. The Morgan fingerprint density at radius 2 is 1.79 bits per heavy atom. The molecule has 8 heteroatoms. The van der Waals surface area contributed by atoms with Crippen LogP contribution in [0.2, 0.25) is 0 Å². The van der Waals surface area contributed by atoms with Crippen LogP contribution in [0, 0.1) is 11.7 Å². The molecule has 0 aliphatic carbocycles. The second kappa shape index (κ2) is 10.0. The zero-order chi connectivity index (χ0) is 22.1. The lowest BCUT2D eigenvalue weighted by molar-refractivity contribution is 0.0390. The minimum atomic E-state index is -0.502. The lowest BCUT2D eigenvalue weighted by Crippen LogP contribution is -2.54. The number of carbonyl (C=O) groups is 1. The van der Waals surface area contributed by atoms with E-state index >= 15 is 0 Å². The number of piperidine rings is 1. The van der Waals surface area contributed by atoms with Crippen LogP contribution in [-0.2, 0) is 6.42 Å². The van der Waals surface area contributed by atoms with Crippen LogP contribution in [-0.4, -0.2) is 58.6 Å². The van der Waals surface area contributed by atoms with Crippen LogP contribution in [0.15, 0.2) is 47.3 Å². The summed E-state index contributed by atoms with van der Waals surface area (Å²) in [6.45, 7) is 4.69. The van der Waals surface area contributed by atoms with Crippen molar-refractivity contribution >= 4 is 29.1 Å². The molecular weight excluding hydrogens is 443 g/mol. The summed E-state index contributed by atoms with van der Waals surface area (Å²) in [5.74, 6) is -0.281. The second-order valence-electron chi connectivity index (χ2n) is 8.97. The molecule has 2 aliphatic rings. The quantitative estimate of drug-likeness (QED) is 0.618. The largest absolute Gasteiger partial charge is 0.338 e. The smallest absolute Gasteiger partial charge is 0.272 e. The third-order valence-electron chi connectivity index (χ3n) is 6.62. The number of amides is 1. The summed E-state index contributed by atoms with van der Waals surface area (Å²) in [5, 5.41) is 8.05. The molecule has 0 radical (unpaired) electrons. The van der Waals surface area contributed by atoms with E-state index in [0.717, 1.165) is 30.6 Å². The highest BCUT2D eigenvalue weighted by molar-refractivity contribution is 5.95. The van der Waals surface area contributed by atoms with Gasteiger partial charge in [-0.1, -0.05) is 30.7 Å². The zero-order valence-corrected chi connectivity index (χ0v) is 19.2. The lowest BCUT2D eigenvalue weighted by Gasteiger charge is -2.42. The fourth-order valence-electron chi connectivity index (χ4n) is 4.87. The molecule has 2 saturated heterocycles. The molecular formula is C25H28ClFN4O2. The van der Waals surface area contributed by atoms with Crippen molar-refractivity contribution in [3.63, 3.8) is 0 Å². The van der Waals surface area contributed by atoms with E-state index in [9.17, 15) is 14.0 Å². The van der Waals surface area contributed by atoms with Crippen LogP contribution in [0.5, 0.6) is 0 Å². The highest BCUT2D eigenvalue weighted by atomic mass is 35.5. The molecule has 0 unspecified atom stereocenters. The van der Waals surface area contributed by atoms with E-state index in [-0.39, 0.29) is 29.4 Å². The summed E-state index contributed by atoms with van der Waals surface area (Å²) in [4.78, 5) is 29.2. The fourth-order valence-corrected chi connectivity index (χ4v) is 4.87. The molecule has 2 fully saturated rings. The predicted molar refractivity (Wildman–Crippen MR) is 129 cm³/mol. The predicted octanol–water partition coefficient (Wildman–Crippen LogP) is 3.63. The maximum atomic E-state index is 14.5. The van der Waals surface area contributed by atoms with E-state index in [1.165, 1.54) is 25.3 Å². The molecule has 0 bridgehead atoms. The maximum Gasteiger partial charge on any atom is 0.272 e. The number of aromatic amines is 1. The van der Waals surface area contributed by atoms with Gasteiger partial charge in [-0.15, -0.1) is 12.4 Å². The highest BCUT2D eigenvalue weighted by Gasteiger charge is 2.33. The van der Waals surface area contributed by atoms with Gasteiger partial charge in [0.2, 0.25) is 0 Å². The standard InChI is InChI=1S/C25H27FN4O2.ClH/c26-22-9-8-17(13-23-19-6-2-3-7-20(19)24(31)28-27-23)12-21(22)25(32)30-15-18(16-30)14-29-10-4-1-5-11-29;/h2-3,6-9,12,18H,1,4-5,10-11,13-16H2,(H,28,31);1H. The number of rotatable bonds is 5. The number of likely N-dealkylation sites (tertiary alicyclic amines) is 2. The molecule has 1 aromatic heterocycles. The number of halogens is 2.